The monoisotopic (exact) mass is 298 g/mol. The van der Waals surface area contributed by atoms with Crippen molar-refractivity contribution in [2.24, 2.45) is 0 Å². The predicted octanol–water partition coefficient (Wildman–Crippen LogP) is 1.68. The smallest absolute Gasteiger partial charge is 0.243 e. The van der Waals surface area contributed by atoms with Crippen molar-refractivity contribution in [3.8, 4) is 0 Å². The van der Waals surface area contributed by atoms with Gasteiger partial charge in [0.05, 0.1) is 11.9 Å². The summed E-state index contributed by atoms with van der Waals surface area (Å²) in [6, 6.07) is 6.29. The number of rotatable bonds is 6. The zero-order valence-electron chi connectivity index (χ0n) is 12.4. The van der Waals surface area contributed by atoms with E-state index in [0.717, 1.165) is 22.5 Å². The van der Waals surface area contributed by atoms with Gasteiger partial charge in [-0.15, -0.1) is 0 Å². The fourth-order valence-electron chi connectivity index (χ4n) is 1.90. The van der Waals surface area contributed by atoms with Crippen molar-refractivity contribution in [3.63, 3.8) is 0 Å². The maximum absolute atomic E-state index is 12.0. The molecule has 1 N–H and O–H groups in total. The van der Waals surface area contributed by atoms with Gasteiger partial charge in [0.15, 0.2) is 0 Å². The van der Waals surface area contributed by atoms with Gasteiger partial charge in [-0.1, -0.05) is 24.6 Å². The third-order valence-electron chi connectivity index (χ3n) is 2.93. The minimum atomic E-state index is -3.53. The van der Waals surface area contributed by atoms with E-state index in [-0.39, 0.29) is 5.91 Å². The Kier molecular flexibility index (Phi) is 5.56. The lowest BCUT2D eigenvalue weighted by atomic mass is 10.2. The van der Waals surface area contributed by atoms with Gasteiger partial charge in [0.25, 0.3) is 0 Å². The highest BCUT2D eigenvalue weighted by molar-refractivity contribution is 7.92. The summed E-state index contributed by atoms with van der Waals surface area (Å²) < 4.78 is 25.1. The molecule has 0 spiro atoms. The molecule has 0 aliphatic carbocycles. The molecule has 0 unspecified atom stereocenters. The van der Waals surface area contributed by atoms with Crippen LogP contribution in [0, 0.1) is 6.92 Å². The van der Waals surface area contributed by atoms with Crippen LogP contribution in [0.1, 0.15) is 25.8 Å². The molecule has 1 rings (SSSR count). The average Bonchev–Trinajstić information content (AvgIpc) is 2.36. The molecule has 1 aromatic carbocycles. The Morgan fingerprint density at radius 1 is 1.30 bits per heavy atom. The number of hydrogen-bond acceptors (Lipinski definition) is 3. The summed E-state index contributed by atoms with van der Waals surface area (Å²) in [5.74, 6) is -0.294. The van der Waals surface area contributed by atoms with Crippen LogP contribution in [0.3, 0.4) is 0 Å². The van der Waals surface area contributed by atoms with Gasteiger partial charge in [-0.3, -0.25) is 9.10 Å². The van der Waals surface area contributed by atoms with E-state index in [1.165, 1.54) is 0 Å². The summed E-state index contributed by atoms with van der Waals surface area (Å²) in [4.78, 5) is 12.0. The Labute approximate surface area is 121 Å². The fourth-order valence-corrected chi connectivity index (χ4v) is 3.07. The molecule has 0 bridgehead atoms. The van der Waals surface area contributed by atoms with Crippen LogP contribution in [0.5, 0.6) is 0 Å². The molecule has 0 aromatic heterocycles. The molecule has 112 valence electrons. The molecule has 0 saturated carbocycles. The highest BCUT2D eigenvalue weighted by Gasteiger charge is 2.28. The summed E-state index contributed by atoms with van der Waals surface area (Å²) in [6.45, 7) is 5.99. The molecule has 1 aromatic rings. The van der Waals surface area contributed by atoms with Gasteiger partial charge in [0, 0.05) is 6.54 Å². The Morgan fingerprint density at radius 2 is 1.85 bits per heavy atom. The van der Waals surface area contributed by atoms with Crippen LogP contribution in [-0.2, 0) is 14.8 Å². The number of nitrogens with zero attached hydrogens (tertiary/aromatic N) is 1. The molecule has 0 fully saturated rings. The second kappa shape index (κ2) is 6.74. The van der Waals surface area contributed by atoms with E-state index >= 15 is 0 Å². The molecular formula is C14H22N2O3S. The summed E-state index contributed by atoms with van der Waals surface area (Å²) >= 11 is 0. The third-order valence-corrected chi connectivity index (χ3v) is 4.17. The zero-order valence-corrected chi connectivity index (χ0v) is 13.2. The predicted molar refractivity (Wildman–Crippen MR) is 81.3 cm³/mol. The lowest BCUT2D eigenvalue weighted by molar-refractivity contribution is -0.121. The molecule has 1 atom stereocenters. The summed E-state index contributed by atoms with van der Waals surface area (Å²) in [7, 11) is -3.53. The second-order valence-electron chi connectivity index (χ2n) is 4.86. The molecule has 6 heteroatoms. The van der Waals surface area contributed by atoms with Gasteiger partial charge in [0.1, 0.15) is 6.04 Å². The Bertz CT molecular complexity index is 552. The molecule has 0 radical (unpaired) electrons. The number of anilines is 1. The Hall–Kier alpha value is -1.56. The highest BCUT2D eigenvalue weighted by atomic mass is 32.2. The number of sulfonamides is 1. The largest absolute Gasteiger partial charge is 0.354 e. The van der Waals surface area contributed by atoms with Gasteiger partial charge < -0.3 is 5.32 Å². The van der Waals surface area contributed by atoms with E-state index in [4.69, 9.17) is 0 Å². The topological polar surface area (TPSA) is 66.5 Å². The van der Waals surface area contributed by atoms with Crippen LogP contribution in [0.4, 0.5) is 5.69 Å². The maximum atomic E-state index is 12.0. The standard InChI is InChI=1S/C14H22N2O3S/c1-5-10-15-14(17)12(3)16(20(4,18)19)13-8-6-11(2)7-9-13/h6-9,12H,5,10H2,1-4H3,(H,15,17)/t12-/m1/s1. The van der Waals surface area contributed by atoms with Crippen LogP contribution in [-0.4, -0.2) is 33.2 Å². The second-order valence-corrected chi connectivity index (χ2v) is 6.72. The quantitative estimate of drug-likeness (QED) is 0.869. The number of benzene rings is 1. The van der Waals surface area contributed by atoms with Crippen LogP contribution >= 0.6 is 0 Å². The first-order chi connectivity index (χ1) is 9.27. The Balaban J connectivity index is 3.08. The van der Waals surface area contributed by atoms with Gasteiger partial charge in [0.2, 0.25) is 15.9 Å². The number of aryl methyl sites for hydroxylation is 1. The van der Waals surface area contributed by atoms with E-state index in [2.05, 4.69) is 5.32 Å². The summed E-state index contributed by atoms with van der Waals surface area (Å²) in [6.07, 6.45) is 1.92. The lowest BCUT2D eigenvalue weighted by Gasteiger charge is -2.28. The van der Waals surface area contributed by atoms with E-state index in [9.17, 15) is 13.2 Å². The van der Waals surface area contributed by atoms with E-state index in [1.54, 1.807) is 19.1 Å². The SMILES string of the molecule is CCCNC(=O)[C@@H](C)N(c1ccc(C)cc1)S(C)(=O)=O. The van der Waals surface area contributed by atoms with Crippen LogP contribution in [0.2, 0.25) is 0 Å². The van der Waals surface area contributed by atoms with Gasteiger partial charge in [-0.2, -0.15) is 0 Å². The van der Waals surface area contributed by atoms with E-state index in [1.807, 2.05) is 26.0 Å². The van der Waals surface area contributed by atoms with Crippen LogP contribution < -0.4 is 9.62 Å². The van der Waals surface area contributed by atoms with Gasteiger partial charge in [-0.05, 0) is 32.4 Å². The van der Waals surface area contributed by atoms with E-state index < -0.39 is 16.1 Å². The molecular weight excluding hydrogens is 276 g/mol. The van der Waals surface area contributed by atoms with E-state index in [0.29, 0.717) is 12.2 Å². The maximum Gasteiger partial charge on any atom is 0.243 e. The van der Waals surface area contributed by atoms with Crippen molar-refractivity contribution in [1.82, 2.24) is 5.32 Å². The van der Waals surface area contributed by atoms with Crippen LogP contribution in [0.25, 0.3) is 0 Å². The number of hydrogen-bond donors (Lipinski definition) is 1. The first-order valence-corrected chi connectivity index (χ1v) is 8.46. The highest BCUT2D eigenvalue weighted by Crippen LogP contribution is 2.21. The molecule has 5 nitrogen and oxygen atoms in total. The fraction of sp³-hybridized carbons (Fsp3) is 0.500. The minimum Gasteiger partial charge on any atom is -0.354 e. The zero-order chi connectivity index (χ0) is 15.3. The van der Waals surface area contributed by atoms with Crippen molar-refractivity contribution in [2.45, 2.75) is 33.2 Å². The number of carbonyl (C=O) groups is 1. The third kappa shape index (κ3) is 4.23. The summed E-state index contributed by atoms with van der Waals surface area (Å²) in [5.41, 5.74) is 1.53. The molecule has 0 aliphatic rings. The van der Waals surface area contributed by atoms with Crippen molar-refractivity contribution in [1.29, 1.82) is 0 Å². The first-order valence-electron chi connectivity index (χ1n) is 6.61. The first kappa shape index (κ1) is 16.5. The van der Waals surface area contributed by atoms with Gasteiger partial charge >= 0.3 is 0 Å². The summed E-state index contributed by atoms with van der Waals surface area (Å²) in [5, 5.41) is 2.72. The van der Waals surface area contributed by atoms with Crippen molar-refractivity contribution in [3.05, 3.63) is 29.8 Å². The average molecular weight is 298 g/mol. The number of amides is 1. The Morgan fingerprint density at radius 3 is 2.30 bits per heavy atom. The van der Waals surface area contributed by atoms with Crippen molar-refractivity contribution >= 4 is 21.6 Å². The van der Waals surface area contributed by atoms with Crippen LogP contribution in [0.15, 0.2) is 24.3 Å². The molecule has 0 heterocycles. The van der Waals surface area contributed by atoms with Crippen molar-refractivity contribution < 1.29 is 13.2 Å². The van der Waals surface area contributed by atoms with Gasteiger partial charge in [-0.25, -0.2) is 8.42 Å². The molecule has 0 aliphatic heterocycles. The molecule has 0 saturated heterocycles. The molecule has 1 amide bonds. The lowest BCUT2D eigenvalue weighted by Crippen LogP contribution is -2.48. The molecule has 20 heavy (non-hydrogen) atoms. The number of carbonyl (C=O) groups excluding carboxylic acids is 1. The number of nitrogens with one attached hydrogen (secondary N) is 1. The normalized spacial score (nSPS) is 12.8. The van der Waals surface area contributed by atoms with Crippen molar-refractivity contribution in [2.75, 3.05) is 17.1 Å². The minimum absolute atomic E-state index is 0.294.